The van der Waals surface area contributed by atoms with Gasteiger partial charge in [0.2, 0.25) is 0 Å². The minimum Gasteiger partial charge on any atom is -0.457 e. The normalized spacial score (nSPS) is 9.50. The maximum atomic E-state index is 5.36. The maximum Gasteiger partial charge on any atom is 0.275 e. The molecule has 4 heteroatoms. The lowest BCUT2D eigenvalue weighted by Gasteiger charge is -1.91. The summed E-state index contributed by atoms with van der Waals surface area (Å²) in [6, 6.07) is 7.97. The van der Waals surface area contributed by atoms with Crippen molar-refractivity contribution in [3.8, 4) is 15.0 Å². The lowest BCUT2D eigenvalue weighted by molar-refractivity contribution is 0.369. The molecule has 1 heterocycles. The number of thiazole rings is 1. The minimum atomic E-state index is 0.406. The Bertz CT molecular complexity index is 464. The number of rotatable bonds is 2. The summed E-state index contributed by atoms with van der Waals surface area (Å²) in [5.74, 6) is 2.82. The van der Waals surface area contributed by atoms with Gasteiger partial charge in [0.05, 0.1) is 10.2 Å². The van der Waals surface area contributed by atoms with Gasteiger partial charge in [0.25, 0.3) is 5.19 Å². The van der Waals surface area contributed by atoms with Crippen molar-refractivity contribution in [2.24, 2.45) is 0 Å². The Kier molecular flexibility index (Phi) is 3.22. The first-order valence-electron chi connectivity index (χ1n) is 3.97. The van der Waals surface area contributed by atoms with E-state index in [2.05, 4.69) is 14.8 Å². The smallest absolute Gasteiger partial charge is 0.275 e. The SMILES string of the molecule is IC#CCOc1nc2ccccc2s1. The van der Waals surface area contributed by atoms with Crippen LogP contribution in [0.2, 0.25) is 0 Å². The summed E-state index contributed by atoms with van der Waals surface area (Å²) in [5, 5.41) is 0.686. The Balaban J connectivity index is 2.21. The molecule has 0 amide bonds. The average molecular weight is 315 g/mol. The van der Waals surface area contributed by atoms with Crippen LogP contribution in [0, 0.1) is 9.85 Å². The van der Waals surface area contributed by atoms with E-state index >= 15 is 0 Å². The molecule has 1 aromatic carbocycles. The maximum absolute atomic E-state index is 5.36. The molecular formula is C10H6INOS. The number of ether oxygens (including phenoxy) is 1. The van der Waals surface area contributed by atoms with Crippen molar-refractivity contribution in [3.05, 3.63) is 24.3 Å². The highest BCUT2D eigenvalue weighted by Crippen LogP contribution is 2.26. The molecule has 0 aliphatic carbocycles. The number of hydrogen-bond donors (Lipinski definition) is 0. The third kappa shape index (κ3) is 2.16. The zero-order chi connectivity index (χ0) is 9.80. The first-order valence-corrected chi connectivity index (χ1v) is 5.86. The van der Waals surface area contributed by atoms with Crippen LogP contribution in [0.25, 0.3) is 10.2 Å². The van der Waals surface area contributed by atoms with Crippen molar-refractivity contribution in [2.45, 2.75) is 0 Å². The molecule has 2 rings (SSSR count). The van der Waals surface area contributed by atoms with Crippen LogP contribution in [0.4, 0.5) is 0 Å². The van der Waals surface area contributed by atoms with Crippen molar-refractivity contribution in [3.63, 3.8) is 0 Å². The van der Waals surface area contributed by atoms with Crippen LogP contribution in [0.1, 0.15) is 0 Å². The van der Waals surface area contributed by atoms with Crippen LogP contribution in [0.5, 0.6) is 5.19 Å². The van der Waals surface area contributed by atoms with Gasteiger partial charge < -0.3 is 4.74 Å². The summed E-state index contributed by atoms with van der Waals surface area (Å²) >= 11 is 3.53. The molecule has 0 atom stereocenters. The molecule has 70 valence electrons. The average Bonchev–Trinajstić information content (AvgIpc) is 2.60. The van der Waals surface area contributed by atoms with Gasteiger partial charge in [-0.25, -0.2) is 4.98 Å². The van der Waals surface area contributed by atoms with Gasteiger partial charge >= 0.3 is 0 Å². The Morgan fingerprint density at radius 2 is 2.29 bits per heavy atom. The molecule has 0 N–H and O–H groups in total. The van der Waals surface area contributed by atoms with Crippen LogP contribution in [0.3, 0.4) is 0 Å². The summed E-state index contributed by atoms with van der Waals surface area (Å²) in [5.41, 5.74) is 0.981. The molecule has 2 aromatic rings. The van der Waals surface area contributed by atoms with Crippen molar-refractivity contribution in [1.82, 2.24) is 4.98 Å². The fraction of sp³-hybridized carbons (Fsp3) is 0.100. The molecular weight excluding hydrogens is 309 g/mol. The fourth-order valence-electron chi connectivity index (χ4n) is 1.04. The highest BCUT2D eigenvalue weighted by atomic mass is 127. The van der Waals surface area contributed by atoms with Crippen LogP contribution in [-0.4, -0.2) is 11.6 Å². The first kappa shape index (κ1) is 9.74. The molecule has 14 heavy (non-hydrogen) atoms. The molecule has 0 bridgehead atoms. The Labute approximate surface area is 99.4 Å². The van der Waals surface area contributed by atoms with Gasteiger partial charge in [-0.1, -0.05) is 29.4 Å². The molecule has 0 saturated heterocycles. The van der Waals surface area contributed by atoms with E-state index in [0.717, 1.165) is 10.2 Å². The van der Waals surface area contributed by atoms with Crippen LogP contribution in [0.15, 0.2) is 24.3 Å². The molecule has 0 aliphatic rings. The van der Waals surface area contributed by atoms with Crippen LogP contribution in [-0.2, 0) is 0 Å². The monoisotopic (exact) mass is 315 g/mol. The zero-order valence-corrected chi connectivity index (χ0v) is 10.1. The standard InChI is InChI=1S/C10H6INOS/c11-6-3-7-13-10-12-8-4-1-2-5-9(8)14-10/h1-2,4-5H,7H2. The molecule has 0 spiro atoms. The third-order valence-electron chi connectivity index (χ3n) is 1.61. The molecule has 1 aromatic heterocycles. The highest BCUT2D eigenvalue weighted by Gasteiger charge is 2.02. The summed E-state index contributed by atoms with van der Waals surface area (Å²) in [6.07, 6.45) is 0. The lowest BCUT2D eigenvalue weighted by atomic mass is 10.3. The first-order chi connectivity index (χ1) is 6.90. The van der Waals surface area contributed by atoms with Crippen molar-refractivity contribution >= 4 is 44.1 Å². The quantitative estimate of drug-likeness (QED) is 0.628. The lowest BCUT2D eigenvalue weighted by Crippen LogP contribution is -1.91. The van der Waals surface area contributed by atoms with Gasteiger partial charge in [-0.05, 0) is 16.1 Å². The van der Waals surface area contributed by atoms with E-state index in [-0.39, 0.29) is 0 Å². The van der Waals surface area contributed by atoms with Gasteiger partial charge in [0.15, 0.2) is 6.61 Å². The van der Waals surface area contributed by atoms with E-state index in [4.69, 9.17) is 4.74 Å². The topological polar surface area (TPSA) is 22.1 Å². The van der Waals surface area contributed by atoms with E-state index in [1.807, 2.05) is 46.9 Å². The largest absolute Gasteiger partial charge is 0.457 e. The van der Waals surface area contributed by atoms with Gasteiger partial charge in [0, 0.05) is 22.6 Å². The van der Waals surface area contributed by atoms with Crippen molar-refractivity contribution < 1.29 is 4.74 Å². The fourth-order valence-corrected chi connectivity index (χ4v) is 2.01. The van der Waals surface area contributed by atoms with E-state index in [1.165, 1.54) is 0 Å². The molecule has 0 saturated carbocycles. The minimum absolute atomic E-state index is 0.406. The van der Waals surface area contributed by atoms with Gasteiger partial charge in [-0.3, -0.25) is 0 Å². The predicted molar refractivity (Wildman–Crippen MR) is 66.9 cm³/mol. The molecule has 2 nitrogen and oxygen atoms in total. The molecule has 0 aliphatic heterocycles. The second-order valence-electron chi connectivity index (χ2n) is 2.51. The van der Waals surface area contributed by atoms with Crippen LogP contribution >= 0.6 is 33.9 Å². The Hall–Kier alpha value is -0.800. The predicted octanol–water partition coefficient (Wildman–Crippen LogP) is 3.07. The highest BCUT2D eigenvalue weighted by molar-refractivity contribution is 14.1. The van der Waals surface area contributed by atoms with E-state index in [9.17, 15) is 0 Å². The van der Waals surface area contributed by atoms with Crippen LogP contribution < -0.4 is 4.74 Å². The van der Waals surface area contributed by atoms with E-state index in [0.29, 0.717) is 11.8 Å². The number of hydrogen-bond acceptors (Lipinski definition) is 3. The third-order valence-corrected chi connectivity index (χ3v) is 2.94. The molecule has 0 radical (unpaired) electrons. The van der Waals surface area contributed by atoms with Gasteiger partial charge in [-0.15, -0.1) is 0 Å². The summed E-state index contributed by atoms with van der Waals surface area (Å²) in [7, 11) is 0. The summed E-state index contributed by atoms with van der Waals surface area (Å²) < 4.78 is 9.25. The van der Waals surface area contributed by atoms with E-state index in [1.54, 1.807) is 11.3 Å². The summed E-state index contributed by atoms with van der Waals surface area (Å²) in [6.45, 7) is 0.406. The second-order valence-corrected chi connectivity index (χ2v) is 4.04. The summed E-state index contributed by atoms with van der Waals surface area (Å²) in [4.78, 5) is 4.31. The number of halogens is 1. The Morgan fingerprint density at radius 3 is 3.07 bits per heavy atom. The van der Waals surface area contributed by atoms with Gasteiger partial charge in [-0.2, -0.15) is 0 Å². The molecule has 0 unspecified atom stereocenters. The Morgan fingerprint density at radius 1 is 1.43 bits per heavy atom. The van der Waals surface area contributed by atoms with E-state index < -0.39 is 0 Å². The number of aromatic nitrogens is 1. The number of benzene rings is 1. The number of para-hydroxylation sites is 1. The van der Waals surface area contributed by atoms with Crippen molar-refractivity contribution in [2.75, 3.05) is 6.61 Å². The zero-order valence-electron chi connectivity index (χ0n) is 7.16. The molecule has 0 fully saturated rings. The van der Waals surface area contributed by atoms with Gasteiger partial charge in [0.1, 0.15) is 0 Å². The number of nitrogens with zero attached hydrogens (tertiary/aromatic N) is 1. The number of fused-ring (bicyclic) bond motifs is 1. The second kappa shape index (κ2) is 4.62. The van der Waals surface area contributed by atoms with Crippen molar-refractivity contribution in [1.29, 1.82) is 0 Å².